The number of nitrogens with two attached hydrogens (primary N) is 1. The molecule has 0 fully saturated rings. The van der Waals surface area contributed by atoms with Gasteiger partial charge in [0.1, 0.15) is 23.0 Å². The highest BCUT2D eigenvalue weighted by Crippen LogP contribution is 2.32. The van der Waals surface area contributed by atoms with Crippen LogP contribution in [0.5, 0.6) is 11.5 Å². The van der Waals surface area contributed by atoms with Gasteiger partial charge in [-0.1, -0.05) is 13.8 Å². The lowest BCUT2D eigenvalue weighted by molar-refractivity contribution is -0.137. The van der Waals surface area contributed by atoms with E-state index < -0.39 is 29.2 Å². The van der Waals surface area contributed by atoms with E-state index in [-0.39, 0.29) is 11.3 Å². The Bertz CT molecular complexity index is 1080. The minimum Gasteiger partial charge on any atom is -0.457 e. The van der Waals surface area contributed by atoms with Crippen LogP contribution in [-0.2, 0) is 11.0 Å². The molecule has 0 bridgehead atoms. The third-order valence-corrected chi connectivity index (χ3v) is 4.05. The van der Waals surface area contributed by atoms with Gasteiger partial charge in [0.15, 0.2) is 0 Å². The van der Waals surface area contributed by atoms with Gasteiger partial charge in [0.2, 0.25) is 0 Å². The number of hydrogen-bond acceptors (Lipinski definition) is 4. The van der Waals surface area contributed by atoms with Crippen molar-refractivity contribution in [3.05, 3.63) is 83.7 Å². The van der Waals surface area contributed by atoms with Gasteiger partial charge >= 0.3 is 6.18 Å². The standard InChI is InChI=1S/C21H15F4N3O2.C2H6/c22-13-3-10-18(17(11-13)19(26)20(27)29)28-14-4-8-16(9-5-14)30-15-6-1-12(2-7-15)21(23,24)25;1-2/h1-11,26,28H,(H2,27,29);1-2H3. The minimum absolute atomic E-state index is 0.00702. The summed E-state index contributed by atoms with van der Waals surface area (Å²) < 4.78 is 56.8. The molecule has 168 valence electrons. The molecule has 0 saturated carbocycles. The largest absolute Gasteiger partial charge is 0.457 e. The monoisotopic (exact) mass is 447 g/mol. The van der Waals surface area contributed by atoms with Crippen molar-refractivity contribution in [2.75, 3.05) is 5.32 Å². The van der Waals surface area contributed by atoms with E-state index in [0.717, 1.165) is 18.2 Å². The molecular weight excluding hydrogens is 426 g/mol. The van der Waals surface area contributed by atoms with E-state index in [1.165, 1.54) is 24.3 Å². The Morgan fingerprint density at radius 1 is 0.938 bits per heavy atom. The summed E-state index contributed by atoms with van der Waals surface area (Å²) in [6.45, 7) is 4.00. The van der Waals surface area contributed by atoms with E-state index in [0.29, 0.717) is 17.1 Å². The summed E-state index contributed by atoms with van der Waals surface area (Å²) in [5.74, 6) is -1.00. The van der Waals surface area contributed by atoms with Gasteiger partial charge < -0.3 is 15.8 Å². The summed E-state index contributed by atoms with van der Waals surface area (Å²) in [5.41, 5.74) is 4.65. The Labute approximate surface area is 182 Å². The molecule has 32 heavy (non-hydrogen) atoms. The van der Waals surface area contributed by atoms with Crippen LogP contribution < -0.4 is 15.8 Å². The third-order valence-electron chi connectivity index (χ3n) is 4.05. The third kappa shape index (κ3) is 6.31. The van der Waals surface area contributed by atoms with E-state index in [2.05, 4.69) is 5.32 Å². The molecule has 4 N–H and O–H groups in total. The second-order valence-corrected chi connectivity index (χ2v) is 6.20. The van der Waals surface area contributed by atoms with Gasteiger partial charge in [-0.05, 0) is 66.7 Å². The van der Waals surface area contributed by atoms with Crippen molar-refractivity contribution in [3.63, 3.8) is 0 Å². The average Bonchev–Trinajstić information content (AvgIpc) is 2.77. The van der Waals surface area contributed by atoms with Gasteiger partial charge in [0.25, 0.3) is 5.91 Å². The van der Waals surface area contributed by atoms with E-state index >= 15 is 0 Å². The first kappa shape index (κ1) is 24.4. The lowest BCUT2D eigenvalue weighted by atomic mass is 10.1. The van der Waals surface area contributed by atoms with Crippen LogP contribution in [0, 0.1) is 11.2 Å². The smallest absolute Gasteiger partial charge is 0.416 e. The number of carbonyl (C=O) groups is 1. The first-order chi connectivity index (χ1) is 15.1. The number of benzene rings is 3. The zero-order valence-corrected chi connectivity index (χ0v) is 17.3. The maximum absolute atomic E-state index is 13.5. The van der Waals surface area contributed by atoms with Crippen molar-refractivity contribution in [2.24, 2.45) is 5.73 Å². The number of hydrogen-bond donors (Lipinski definition) is 3. The van der Waals surface area contributed by atoms with E-state index in [1.807, 2.05) is 13.8 Å². The number of anilines is 2. The fraction of sp³-hybridized carbons (Fsp3) is 0.130. The van der Waals surface area contributed by atoms with Crippen molar-refractivity contribution < 1.29 is 27.1 Å². The first-order valence-electron chi connectivity index (χ1n) is 9.54. The van der Waals surface area contributed by atoms with Gasteiger partial charge in [-0.15, -0.1) is 0 Å². The molecule has 1 amide bonds. The highest BCUT2D eigenvalue weighted by Gasteiger charge is 2.30. The van der Waals surface area contributed by atoms with Gasteiger partial charge in [0, 0.05) is 16.9 Å². The van der Waals surface area contributed by atoms with Crippen LogP contribution in [0.4, 0.5) is 28.9 Å². The summed E-state index contributed by atoms with van der Waals surface area (Å²) in [6.07, 6.45) is -4.42. The highest BCUT2D eigenvalue weighted by atomic mass is 19.4. The molecule has 9 heteroatoms. The van der Waals surface area contributed by atoms with Crippen molar-refractivity contribution >= 4 is 23.0 Å². The summed E-state index contributed by atoms with van der Waals surface area (Å²) in [7, 11) is 0. The molecule has 0 spiro atoms. The maximum Gasteiger partial charge on any atom is 0.416 e. The van der Waals surface area contributed by atoms with Crippen LogP contribution in [0.25, 0.3) is 0 Å². The minimum atomic E-state index is -4.42. The molecule has 0 heterocycles. The van der Waals surface area contributed by atoms with Crippen LogP contribution >= 0.6 is 0 Å². The fourth-order valence-electron chi connectivity index (χ4n) is 2.57. The Hall–Kier alpha value is -3.88. The van der Waals surface area contributed by atoms with Crippen molar-refractivity contribution in [3.8, 4) is 11.5 Å². The van der Waals surface area contributed by atoms with Gasteiger partial charge in [0.05, 0.1) is 5.56 Å². The highest BCUT2D eigenvalue weighted by molar-refractivity contribution is 6.44. The van der Waals surface area contributed by atoms with Crippen LogP contribution in [0.1, 0.15) is 25.0 Å². The molecule has 0 aliphatic heterocycles. The number of carbonyl (C=O) groups excluding carboxylic acids is 1. The zero-order chi connectivity index (χ0) is 23.9. The van der Waals surface area contributed by atoms with Crippen LogP contribution in [0.15, 0.2) is 66.7 Å². The van der Waals surface area contributed by atoms with Crippen LogP contribution in [0.2, 0.25) is 0 Å². The predicted octanol–water partition coefficient (Wildman–Crippen LogP) is 6.26. The number of primary amides is 1. The topological polar surface area (TPSA) is 88.2 Å². The Kier molecular flexibility index (Phi) is 7.95. The molecule has 3 aromatic carbocycles. The van der Waals surface area contributed by atoms with Crippen molar-refractivity contribution in [2.45, 2.75) is 20.0 Å². The maximum atomic E-state index is 13.5. The second kappa shape index (κ2) is 10.4. The summed E-state index contributed by atoms with van der Waals surface area (Å²) >= 11 is 0. The quantitative estimate of drug-likeness (QED) is 0.308. The van der Waals surface area contributed by atoms with E-state index in [4.69, 9.17) is 15.9 Å². The second-order valence-electron chi connectivity index (χ2n) is 6.20. The number of halogens is 4. The molecule has 5 nitrogen and oxygen atoms in total. The molecule has 0 saturated heterocycles. The number of rotatable bonds is 6. The predicted molar refractivity (Wildman–Crippen MR) is 115 cm³/mol. The molecule has 3 aromatic rings. The lowest BCUT2D eigenvalue weighted by Crippen LogP contribution is -2.24. The van der Waals surface area contributed by atoms with E-state index in [9.17, 15) is 22.4 Å². The Morgan fingerprint density at radius 2 is 1.47 bits per heavy atom. The molecule has 0 aliphatic carbocycles. The normalized spacial score (nSPS) is 10.6. The summed E-state index contributed by atoms with van der Waals surface area (Å²) in [5, 5.41) is 10.7. The molecule has 0 atom stereocenters. The van der Waals surface area contributed by atoms with Crippen LogP contribution in [-0.4, -0.2) is 11.6 Å². The number of nitrogens with one attached hydrogen (secondary N) is 2. The first-order valence-corrected chi connectivity index (χ1v) is 9.54. The molecule has 0 aromatic heterocycles. The lowest BCUT2D eigenvalue weighted by Gasteiger charge is -2.13. The fourth-order valence-corrected chi connectivity index (χ4v) is 2.57. The number of ether oxygens (including phenoxy) is 1. The molecular formula is C23H21F4N3O2. The molecule has 0 unspecified atom stereocenters. The molecule has 0 radical (unpaired) electrons. The number of alkyl halides is 3. The number of amides is 1. The van der Waals surface area contributed by atoms with Crippen molar-refractivity contribution in [1.29, 1.82) is 5.41 Å². The molecule has 0 aliphatic rings. The molecule has 3 rings (SSSR count). The van der Waals surface area contributed by atoms with Gasteiger partial charge in [-0.25, -0.2) is 4.39 Å². The zero-order valence-electron chi connectivity index (χ0n) is 17.3. The van der Waals surface area contributed by atoms with Gasteiger partial charge in [-0.3, -0.25) is 10.2 Å². The summed E-state index contributed by atoms with van der Waals surface area (Å²) in [4.78, 5) is 11.3. The average molecular weight is 447 g/mol. The summed E-state index contributed by atoms with van der Waals surface area (Å²) in [6, 6.07) is 14.2. The van der Waals surface area contributed by atoms with E-state index in [1.54, 1.807) is 24.3 Å². The van der Waals surface area contributed by atoms with Crippen LogP contribution in [0.3, 0.4) is 0 Å². The van der Waals surface area contributed by atoms with Gasteiger partial charge in [-0.2, -0.15) is 13.2 Å². The Morgan fingerprint density at radius 3 is 1.97 bits per heavy atom. The van der Waals surface area contributed by atoms with Crippen molar-refractivity contribution in [1.82, 2.24) is 0 Å². The Balaban J connectivity index is 0.00000176. The SMILES string of the molecule is CC.N=C(C(N)=O)c1cc(F)ccc1Nc1ccc(Oc2ccc(C(F)(F)F)cc2)cc1.